The van der Waals surface area contributed by atoms with Crippen molar-refractivity contribution in [3.8, 4) is 0 Å². The summed E-state index contributed by atoms with van der Waals surface area (Å²) >= 11 is 1.02. The zero-order chi connectivity index (χ0) is 31.3. The highest BCUT2D eigenvalue weighted by molar-refractivity contribution is 7.97. The average molecular weight is 600 g/mol. The molecule has 0 saturated carbocycles. The lowest BCUT2D eigenvalue weighted by atomic mass is 9.91. The van der Waals surface area contributed by atoms with Gasteiger partial charge in [0.05, 0.1) is 5.56 Å². The van der Waals surface area contributed by atoms with Gasteiger partial charge in [0.15, 0.2) is 0 Å². The van der Waals surface area contributed by atoms with Crippen LogP contribution < -0.4 is 10.0 Å². The quantitative estimate of drug-likeness (QED) is 0.166. The molecule has 8 nitrogen and oxygen atoms in total. The van der Waals surface area contributed by atoms with Crippen LogP contribution in [0.15, 0.2) is 48.0 Å². The monoisotopic (exact) mass is 599 g/mol. The first-order valence-electron chi connectivity index (χ1n) is 14.5. The summed E-state index contributed by atoms with van der Waals surface area (Å²) in [4.78, 5) is 35.9. The number of nitrogens with one attached hydrogen (secondary N) is 2. The topological polar surface area (TPSA) is 96.5 Å². The van der Waals surface area contributed by atoms with E-state index in [0.29, 0.717) is 29.0 Å². The minimum Gasteiger partial charge on any atom is -0.444 e. The Morgan fingerprint density at radius 2 is 1.90 bits per heavy atom. The Morgan fingerprint density at radius 1 is 1.19 bits per heavy atom. The highest BCUT2D eigenvalue weighted by Crippen LogP contribution is 2.36. The SMILES string of the molecule is C=CCC(CCC1CN(C(=O)OC(C)(C)C)C(C)(C)C1)Nc1cccc(SNC(=O)c2ccc(C(C)(C)C)nc2F)n1. The maximum Gasteiger partial charge on any atom is 0.410 e. The molecule has 2 amide bonds. The van der Waals surface area contributed by atoms with Crippen LogP contribution in [0.3, 0.4) is 0 Å². The minimum absolute atomic E-state index is 0.102. The fraction of sp³-hybridized carbons (Fsp3) is 0.562. The van der Waals surface area contributed by atoms with Crippen molar-refractivity contribution >= 4 is 29.8 Å². The van der Waals surface area contributed by atoms with Gasteiger partial charge < -0.3 is 15.0 Å². The smallest absolute Gasteiger partial charge is 0.410 e. The lowest BCUT2D eigenvalue weighted by molar-refractivity contribution is 0.0130. The normalized spacial score (nSPS) is 17.5. The van der Waals surface area contributed by atoms with E-state index in [1.807, 2.05) is 64.7 Å². The van der Waals surface area contributed by atoms with Gasteiger partial charge >= 0.3 is 6.09 Å². The molecule has 0 radical (unpaired) electrons. The average Bonchev–Trinajstić information content (AvgIpc) is 3.19. The minimum atomic E-state index is -0.795. The molecule has 3 heterocycles. The van der Waals surface area contributed by atoms with Crippen LogP contribution >= 0.6 is 11.9 Å². The van der Waals surface area contributed by atoms with Crippen molar-refractivity contribution in [2.24, 2.45) is 5.92 Å². The van der Waals surface area contributed by atoms with Gasteiger partial charge in [-0.1, -0.05) is 32.9 Å². The van der Waals surface area contributed by atoms with Crippen LogP contribution in [0, 0.1) is 11.9 Å². The van der Waals surface area contributed by atoms with E-state index in [1.165, 1.54) is 6.07 Å². The van der Waals surface area contributed by atoms with Gasteiger partial charge in [0.25, 0.3) is 5.91 Å². The highest BCUT2D eigenvalue weighted by Gasteiger charge is 2.42. The van der Waals surface area contributed by atoms with Gasteiger partial charge in [-0.05, 0) is 90.5 Å². The Hall–Kier alpha value is -3.14. The van der Waals surface area contributed by atoms with Crippen molar-refractivity contribution in [3.63, 3.8) is 0 Å². The molecule has 3 rings (SSSR count). The first-order valence-corrected chi connectivity index (χ1v) is 15.3. The summed E-state index contributed by atoms with van der Waals surface area (Å²) in [5.74, 6) is -0.337. The molecule has 0 spiro atoms. The van der Waals surface area contributed by atoms with E-state index in [-0.39, 0.29) is 28.7 Å². The Labute approximate surface area is 254 Å². The highest BCUT2D eigenvalue weighted by atomic mass is 32.2. The molecule has 1 saturated heterocycles. The van der Waals surface area contributed by atoms with Gasteiger partial charge in [0, 0.05) is 41.2 Å². The third kappa shape index (κ3) is 9.44. The van der Waals surface area contributed by atoms with Crippen LogP contribution in [0.5, 0.6) is 0 Å². The van der Waals surface area contributed by atoms with Gasteiger partial charge in [-0.25, -0.2) is 14.8 Å². The summed E-state index contributed by atoms with van der Waals surface area (Å²) in [5, 5.41) is 4.06. The van der Waals surface area contributed by atoms with Gasteiger partial charge in [-0.2, -0.15) is 4.39 Å². The second-order valence-corrected chi connectivity index (χ2v) is 14.4. The number of rotatable bonds is 10. The first-order chi connectivity index (χ1) is 19.5. The third-order valence-corrected chi connectivity index (χ3v) is 7.86. The standard InChI is InChI=1S/C32H46FN5O3S/c1-10-12-22(16-15-21-19-32(8,9)38(20-21)29(40)41-31(5,6)7)34-25-13-11-14-26(36-25)42-37-28(39)23-17-18-24(30(2,3)4)35-27(23)33/h10-11,13-14,17-18,21-22H,1,12,15-16,19-20H2,2-9H3,(H,34,36)(H,37,39). The van der Waals surface area contributed by atoms with Gasteiger partial charge in [0.2, 0.25) is 5.95 Å². The van der Waals surface area contributed by atoms with Crippen molar-refractivity contribution in [2.45, 2.75) is 109 Å². The van der Waals surface area contributed by atoms with E-state index < -0.39 is 17.5 Å². The number of carbonyl (C=O) groups excluding carboxylic acids is 2. The third-order valence-electron chi connectivity index (χ3n) is 7.13. The van der Waals surface area contributed by atoms with E-state index in [1.54, 1.807) is 12.1 Å². The Balaban J connectivity index is 1.57. The molecule has 0 aromatic carbocycles. The first kappa shape index (κ1) is 33.4. The lowest BCUT2D eigenvalue weighted by Crippen LogP contribution is -2.45. The number of carbonyl (C=O) groups is 2. The second kappa shape index (κ2) is 13.4. The molecule has 2 N–H and O–H groups in total. The molecule has 2 atom stereocenters. The Morgan fingerprint density at radius 3 is 2.52 bits per heavy atom. The van der Waals surface area contributed by atoms with Crippen LogP contribution in [0.25, 0.3) is 0 Å². The number of anilines is 1. The van der Waals surface area contributed by atoms with Crippen molar-refractivity contribution in [1.82, 2.24) is 19.6 Å². The molecule has 1 aliphatic rings. The molecular formula is C32H46FN5O3S. The summed E-state index contributed by atoms with van der Waals surface area (Å²) in [6.45, 7) is 20.2. The zero-order valence-electron chi connectivity index (χ0n) is 26.2. The van der Waals surface area contributed by atoms with E-state index in [0.717, 1.165) is 37.6 Å². The fourth-order valence-corrected chi connectivity index (χ4v) is 5.64. The van der Waals surface area contributed by atoms with Crippen LogP contribution in [0.2, 0.25) is 0 Å². The van der Waals surface area contributed by atoms with E-state index in [2.05, 4.69) is 40.4 Å². The van der Waals surface area contributed by atoms with Gasteiger partial charge in [0.1, 0.15) is 16.4 Å². The van der Waals surface area contributed by atoms with Crippen molar-refractivity contribution < 1.29 is 18.7 Å². The molecule has 1 fully saturated rings. The summed E-state index contributed by atoms with van der Waals surface area (Å²) in [6, 6.07) is 8.74. The maximum absolute atomic E-state index is 14.5. The lowest BCUT2D eigenvalue weighted by Gasteiger charge is -2.33. The molecule has 10 heteroatoms. The Kier molecular flexibility index (Phi) is 10.7. The summed E-state index contributed by atoms with van der Waals surface area (Å²) in [6.07, 6.45) is 5.09. The largest absolute Gasteiger partial charge is 0.444 e. The van der Waals surface area contributed by atoms with Crippen LogP contribution in [-0.4, -0.2) is 50.6 Å². The van der Waals surface area contributed by atoms with Crippen LogP contribution in [0.4, 0.5) is 15.0 Å². The predicted octanol–water partition coefficient (Wildman–Crippen LogP) is 7.52. The number of pyridine rings is 2. The Bertz CT molecular complexity index is 1270. The summed E-state index contributed by atoms with van der Waals surface area (Å²) < 4.78 is 22.9. The molecule has 2 aromatic rings. The molecule has 1 aliphatic heterocycles. The predicted molar refractivity (Wildman–Crippen MR) is 167 cm³/mol. The molecule has 42 heavy (non-hydrogen) atoms. The van der Waals surface area contributed by atoms with E-state index >= 15 is 0 Å². The van der Waals surface area contributed by atoms with Crippen molar-refractivity contribution in [2.75, 3.05) is 11.9 Å². The number of likely N-dealkylation sites (tertiary alicyclic amines) is 1. The number of hydrogen-bond acceptors (Lipinski definition) is 7. The molecule has 230 valence electrons. The number of halogens is 1. The number of ether oxygens (including phenoxy) is 1. The van der Waals surface area contributed by atoms with E-state index in [4.69, 9.17) is 4.74 Å². The van der Waals surface area contributed by atoms with E-state index in [9.17, 15) is 14.0 Å². The second-order valence-electron chi connectivity index (χ2n) is 13.6. The fourth-order valence-electron chi connectivity index (χ4n) is 5.04. The number of nitrogens with zero attached hydrogens (tertiary/aromatic N) is 3. The van der Waals surface area contributed by atoms with Crippen molar-refractivity contribution in [1.29, 1.82) is 0 Å². The molecule has 0 aliphatic carbocycles. The van der Waals surface area contributed by atoms with Gasteiger partial charge in [-0.3, -0.25) is 9.52 Å². The summed E-state index contributed by atoms with van der Waals surface area (Å²) in [7, 11) is 0. The summed E-state index contributed by atoms with van der Waals surface area (Å²) in [5.41, 5.74) is -0.649. The van der Waals surface area contributed by atoms with Crippen molar-refractivity contribution in [3.05, 3.63) is 60.2 Å². The molecule has 2 aromatic heterocycles. The number of aromatic nitrogens is 2. The molecular weight excluding hydrogens is 553 g/mol. The van der Waals surface area contributed by atoms with Crippen LogP contribution in [0.1, 0.15) is 97.1 Å². The number of hydrogen-bond donors (Lipinski definition) is 2. The molecule has 0 bridgehead atoms. The zero-order valence-corrected chi connectivity index (χ0v) is 27.0. The maximum atomic E-state index is 14.5. The van der Waals surface area contributed by atoms with Crippen LogP contribution in [-0.2, 0) is 10.2 Å². The molecule has 2 unspecified atom stereocenters. The number of amides is 2. The van der Waals surface area contributed by atoms with Gasteiger partial charge in [-0.15, -0.1) is 6.58 Å².